The Morgan fingerprint density at radius 1 is 1.19 bits per heavy atom. The van der Waals surface area contributed by atoms with E-state index in [0.717, 1.165) is 0 Å². The zero-order valence-electron chi connectivity index (χ0n) is 12.9. The maximum Gasteiger partial charge on any atom is 0.408 e. The zero-order valence-corrected chi connectivity index (χ0v) is 12.9. The van der Waals surface area contributed by atoms with E-state index in [1.807, 2.05) is 0 Å². The molecule has 0 aromatic rings. The SMILES string of the molecule is COC(=O)C1(NC(=O)OC(C)(C)C)CCC(C(=O)O)CC1. The van der Waals surface area contributed by atoms with E-state index in [-0.39, 0.29) is 12.8 Å². The largest absolute Gasteiger partial charge is 0.481 e. The van der Waals surface area contributed by atoms with Crippen molar-refractivity contribution in [2.45, 2.75) is 57.6 Å². The molecule has 0 aromatic carbocycles. The molecule has 1 saturated carbocycles. The van der Waals surface area contributed by atoms with Gasteiger partial charge in [-0.25, -0.2) is 9.59 Å². The number of carbonyl (C=O) groups excluding carboxylic acids is 2. The van der Waals surface area contributed by atoms with Crippen LogP contribution in [0, 0.1) is 5.92 Å². The highest BCUT2D eigenvalue weighted by atomic mass is 16.6. The summed E-state index contributed by atoms with van der Waals surface area (Å²) in [5.74, 6) is -1.95. The van der Waals surface area contributed by atoms with Gasteiger partial charge in [-0.2, -0.15) is 0 Å². The topological polar surface area (TPSA) is 102 Å². The summed E-state index contributed by atoms with van der Waals surface area (Å²) in [5.41, 5.74) is -1.89. The predicted octanol–water partition coefficient (Wildman–Crippen LogP) is 1.70. The number of carboxylic acid groups (broad SMARTS) is 1. The molecule has 0 spiro atoms. The molecular weight excluding hydrogens is 278 g/mol. The van der Waals surface area contributed by atoms with Crippen LogP contribution < -0.4 is 5.32 Å². The molecule has 2 N–H and O–H groups in total. The molecule has 1 aliphatic rings. The molecule has 7 nitrogen and oxygen atoms in total. The van der Waals surface area contributed by atoms with Crippen molar-refractivity contribution in [3.8, 4) is 0 Å². The third-order valence-corrected chi connectivity index (χ3v) is 3.50. The average Bonchev–Trinajstić information content (AvgIpc) is 2.35. The molecular formula is C14H23NO6. The van der Waals surface area contributed by atoms with Crippen LogP contribution in [0.1, 0.15) is 46.5 Å². The second-order valence-electron chi connectivity index (χ2n) is 6.31. The number of carboxylic acids is 1. The number of rotatable bonds is 3. The molecule has 0 radical (unpaired) electrons. The van der Waals surface area contributed by atoms with Gasteiger partial charge in [-0.15, -0.1) is 0 Å². The van der Waals surface area contributed by atoms with Gasteiger partial charge in [0.2, 0.25) is 0 Å². The van der Waals surface area contributed by atoms with Crippen molar-refractivity contribution in [3.63, 3.8) is 0 Å². The van der Waals surface area contributed by atoms with Crippen LogP contribution in [0.25, 0.3) is 0 Å². The Hall–Kier alpha value is -1.79. The quantitative estimate of drug-likeness (QED) is 0.769. The number of hydrogen-bond donors (Lipinski definition) is 2. The molecule has 0 atom stereocenters. The van der Waals surface area contributed by atoms with Crippen LogP contribution in [0.5, 0.6) is 0 Å². The van der Waals surface area contributed by atoms with Crippen LogP contribution in [0.2, 0.25) is 0 Å². The first-order valence-corrected chi connectivity index (χ1v) is 6.92. The fourth-order valence-corrected chi connectivity index (χ4v) is 2.43. The lowest BCUT2D eigenvalue weighted by molar-refractivity contribution is -0.153. The van der Waals surface area contributed by atoms with E-state index < -0.39 is 35.1 Å². The maximum atomic E-state index is 12.0. The normalized spacial score (nSPS) is 25.8. The van der Waals surface area contributed by atoms with Gasteiger partial charge in [0.1, 0.15) is 11.1 Å². The van der Waals surface area contributed by atoms with Gasteiger partial charge < -0.3 is 19.9 Å². The number of aliphatic carboxylic acids is 1. The van der Waals surface area contributed by atoms with Gasteiger partial charge in [0.15, 0.2) is 0 Å². The molecule has 0 heterocycles. The van der Waals surface area contributed by atoms with Crippen LogP contribution in [0.4, 0.5) is 4.79 Å². The number of hydrogen-bond acceptors (Lipinski definition) is 5. The number of methoxy groups -OCH3 is 1. The van der Waals surface area contributed by atoms with Gasteiger partial charge in [-0.3, -0.25) is 4.79 Å². The van der Waals surface area contributed by atoms with Crippen molar-refractivity contribution in [3.05, 3.63) is 0 Å². The van der Waals surface area contributed by atoms with Crippen molar-refractivity contribution < 1.29 is 29.0 Å². The molecule has 0 unspecified atom stereocenters. The number of carbonyl (C=O) groups is 3. The van der Waals surface area contributed by atoms with Crippen molar-refractivity contribution >= 4 is 18.0 Å². The van der Waals surface area contributed by atoms with Gasteiger partial charge in [-0.05, 0) is 46.5 Å². The second-order valence-corrected chi connectivity index (χ2v) is 6.31. The highest BCUT2D eigenvalue weighted by Crippen LogP contribution is 2.33. The summed E-state index contributed by atoms with van der Waals surface area (Å²) in [5, 5.41) is 11.6. The lowest BCUT2D eigenvalue weighted by atomic mass is 9.76. The van der Waals surface area contributed by atoms with E-state index in [1.165, 1.54) is 7.11 Å². The summed E-state index contributed by atoms with van der Waals surface area (Å²) in [4.78, 5) is 34.9. The Bertz CT molecular complexity index is 418. The fourth-order valence-electron chi connectivity index (χ4n) is 2.43. The summed E-state index contributed by atoms with van der Waals surface area (Å²) in [6, 6.07) is 0. The minimum atomic E-state index is -1.21. The van der Waals surface area contributed by atoms with Crippen LogP contribution in [0.3, 0.4) is 0 Å². The first-order chi connectivity index (χ1) is 9.59. The number of ether oxygens (including phenoxy) is 2. The Labute approximate surface area is 124 Å². The first-order valence-electron chi connectivity index (χ1n) is 6.92. The van der Waals surface area contributed by atoms with E-state index in [4.69, 9.17) is 14.6 Å². The second kappa shape index (κ2) is 6.32. The van der Waals surface area contributed by atoms with Crippen LogP contribution in [0.15, 0.2) is 0 Å². The van der Waals surface area contributed by atoms with Gasteiger partial charge in [0.05, 0.1) is 13.0 Å². The van der Waals surface area contributed by atoms with Crippen molar-refractivity contribution in [1.82, 2.24) is 5.32 Å². The van der Waals surface area contributed by atoms with E-state index in [1.54, 1.807) is 20.8 Å². The molecule has 120 valence electrons. The molecule has 21 heavy (non-hydrogen) atoms. The van der Waals surface area contributed by atoms with Crippen molar-refractivity contribution in [2.75, 3.05) is 7.11 Å². The number of alkyl carbamates (subject to hydrolysis) is 1. The Balaban J connectivity index is 2.80. The molecule has 1 fully saturated rings. The third-order valence-electron chi connectivity index (χ3n) is 3.50. The van der Waals surface area contributed by atoms with Gasteiger partial charge in [0.25, 0.3) is 0 Å². The van der Waals surface area contributed by atoms with Crippen molar-refractivity contribution in [1.29, 1.82) is 0 Å². The molecule has 7 heteroatoms. The number of nitrogens with one attached hydrogen (secondary N) is 1. The summed E-state index contributed by atoms with van der Waals surface area (Å²) in [7, 11) is 1.24. The summed E-state index contributed by atoms with van der Waals surface area (Å²) < 4.78 is 9.92. The molecule has 1 amide bonds. The zero-order chi connectivity index (χ0) is 16.3. The third kappa shape index (κ3) is 4.61. The summed E-state index contributed by atoms with van der Waals surface area (Å²) in [6.07, 6.45) is 0.341. The van der Waals surface area contributed by atoms with Crippen LogP contribution in [-0.4, -0.2) is 41.4 Å². The minimum Gasteiger partial charge on any atom is -0.481 e. The summed E-state index contributed by atoms with van der Waals surface area (Å²) in [6.45, 7) is 5.16. The number of amides is 1. The van der Waals surface area contributed by atoms with E-state index in [2.05, 4.69) is 5.32 Å². The maximum absolute atomic E-state index is 12.0. The molecule has 0 aliphatic heterocycles. The number of esters is 1. The van der Waals surface area contributed by atoms with Gasteiger partial charge in [0, 0.05) is 0 Å². The van der Waals surface area contributed by atoms with Gasteiger partial charge >= 0.3 is 18.0 Å². The highest BCUT2D eigenvalue weighted by molar-refractivity contribution is 5.86. The average molecular weight is 301 g/mol. The van der Waals surface area contributed by atoms with Crippen LogP contribution in [-0.2, 0) is 19.1 Å². The summed E-state index contributed by atoms with van der Waals surface area (Å²) >= 11 is 0. The smallest absolute Gasteiger partial charge is 0.408 e. The standard InChI is InChI=1S/C14H23NO6/c1-13(2,3)21-12(19)15-14(11(18)20-4)7-5-9(6-8-14)10(16)17/h9H,5-8H2,1-4H3,(H,15,19)(H,16,17). The molecule has 0 bridgehead atoms. The monoisotopic (exact) mass is 301 g/mol. The van der Waals surface area contributed by atoms with Crippen LogP contribution >= 0.6 is 0 Å². The molecule has 1 rings (SSSR count). The van der Waals surface area contributed by atoms with E-state index in [9.17, 15) is 14.4 Å². The minimum absolute atomic E-state index is 0.218. The van der Waals surface area contributed by atoms with E-state index >= 15 is 0 Å². The Morgan fingerprint density at radius 3 is 2.10 bits per heavy atom. The Kier molecular flexibility index (Phi) is 5.20. The fraction of sp³-hybridized carbons (Fsp3) is 0.786. The molecule has 0 aromatic heterocycles. The molecule has 0 saturated heterocycles. The van der Waals surface area contributed by atoms with Crippen molar-refractivity contribution in [2.24, 2.45) is 5.92 Å². The predicted molar refractivity (Wildman–Crippen MR) is 73.7 cm³/mol. The Morgan fingerprint density at radius 2 is 1.71 bits per heavy atom. The van der Waals surface area contributed by atoms with Gasteiger partial charge in [-0.1, -0.05) is 0 Å². The first kappa shape index (κ1) is 17.3. The van der Waals surface area contributed by atoms with E-state index in [0.29, 0.717) is 12.8 Å². The highest BCUT2D eigenvalue weighted by Gasteiger charge is 2.46. The molecule has 1 aliphatic carbocycles. The lowest BCUT2D eigenvalue weighted by Crippen LogP contribution is -2.58. The lowest BCUT2D eigenvalue weighted by Gasteiger charge is -2.37.